The molecule has 1 heterocycles. The van der Waals surface area contributed by atoms with Crippen LogP contribution in [0.25, 0.3) is 0 Å². The van der Waals surface area contributed by atoms with Gasteiger partial charge >= 0.3 is 5.97 Å². The Balaban J connectivity index is 2.04. The van der Waals surface area contributed by atoms with Crippen LogP contribution >= 0.6 is 11.3 Å². The fourth-order valence-electron chi connectivity index (χ4n) is 2.14. The molecule has 0 radical (unpaired) electrons. The van der Waals surface area contributed by atoms with Crippen LogP contribution < -0.4 is 19.6 Å². The van der Waals surface area contributed by atoms with E-state index < -0.39 is 0 Å². The van der Waals surface area contributed by atoms with Crippen LogP contribution in [0.5, 0.6) is 17.2 Å². The molecule has 0 fully saturated rings. The zero-order valence-corrected chi connectivity index (χ0v) is 15.9. The van der Waals surface area contributed by atoms with Gasteiger partial charge in [0.05, 0.1) is 46.3 Å². The Bertz CT molecular complexity index is 751. The van der Waals surface area contributed by atoms with Crippen molar-refractivity contribution in [2.24, 2.45) is 5.10 Å². The highest BCUT2D eigenvalue weighted by Gasteiger charge is 2.12. The SMILES string of the molecule is CCOC(=O)Cc1csc(NN=Cc2cc(OC)c(OC)c(OC)c2)n1. The fourth-order valence-corrected chi connectivity index (χ4v) is 2.80. The Morgan fingerprint density at radius 2 is 1.92 bits per heavy atom. The van der Waals surface area contributed by atoms with Gasteiger partial charge < -0.3 is 18.9 Å². The average Bonchev–Trinajstić information content (AvgIpc) is 3.08. The molecule has 0 saturated heterocycles. The lowest BCUT2D eigenvalue weighted by Crippen LogP contribution is -2.07. The monoisotopic (exact) mass is 379 g/mol. The Morgan fingerprint density at radius 1 is 1.23 bits per heavy atom. The van der Waals surface area contributed by atoms with Crippen molar-refractivity contribution in [1.82, 2.24) is 4.98 Å². The Kier molecular flexibility index (Phi) is 7.22. The zero-order valence-electron chi connectivity index (χ0n) is 15.1. The van der Waals surface area contributed by atoms with Crippen molar-refractivity contribution in [2.75, 3.05) is 33.4 Å². The molecule has 0 aliphatic heterocycles. The van der Waals surface area contributed by atoms with Crippen LogP contribution in [0.15, 0.2) is 22.6 Å². The molecule has 0 unspecified atom stereocenters. The van der Waals surface area contributed by atoms with Gasteiger partial charge in [-0.2, -0.15) is 5.10 Å². The highest BCUT2D eigenvalue weighted by molar-refractivity contribution is 7.13. The number of carbonyl (C=O) groups excluding carboxylic acids is 1. The molecule has 1 aromatic heterocycles. The number of benzene rings is 1. The van der Waals surface area contributed by atoms with Crippen LogP contribution in [-0.2, 0) is 16.0 Å². The number of esters is 1. The minimum atomic E-state index is -0.301. The van der Waals surface area contributed by atoms with E-state index in [4.69, 9.17) is 18.9 Å². The first-order chi connectivity index (χ1) is 12.6. The van der Waals surface area contributed by atoms with Gasteiger partial charge in [-0.25, -0.2) is 4.98 Å². The zero-order chi connectivity index (χ0) is 18.9. The molecule has 0 amide bonds. The summed E-state index contributed by atoms with van der Waals surface area (Å²) in [5.41, 5.74) is 4.23. The second kappa shape index (κ2) is 9.62. The number of methoxy groups -OCH3 is 3. The first kappa shape index (κ1) is 19.5. The molecular formula is C17H21N3O5S. The molecule has 0 bridgehead atoms. The van der Waals surface area contributed by atoms with E-state index in [2.05, 4.69) is 15.5 Å². The molecule has 140 valence electrons. The maximum Gasteiger partial charge on any atom is 0.311 e. The summed E-state index contributed by atoms with van der Waals surface area (Å²) in [6.45, 7) is 2.12. The van der Waals surface area contributed by atoms with Crippen molar-refractivity contribution in [3.05, 3.63) is 28.8 Å². The summed E-state index contributed by atoms with van der Waals surface area (Å²) in [5, 5.41) is 6.51. The molecule has 0 spiro atoms. The highest BCUT2D eigenvalue weighted by Crippen LogP contribution is 2.37. The smallest absolute Gasteiger partial charge is 0.311 e. The number of hydrogen-bond donors (Lipinski definition) is 1. The fraction of sp³-hybridized carbons (Fsp3) is 0.353. The number of anilines is 1. The predicted molar refractivity (Wildman–Crippen MR) is 99.8 cm³/mol. The number of ether oxygens (including phenoxy) is 4. The van der Waals surface area contributed by atoms with E-state index >= 15 is 0 Å². The van der Waals surface area contributed by atoms with Crippen molar-refractivity contribution < 1.29 is 23.7 Å². The van der Waals surface area contributed by atoms with Gasteiger partial charge in [-0.1, -0.05) is 0 Å². The number of thiazole rings is 1. The summed E-state index contributed by atoms with van der Waals surface area (Å²) in [5.74, 6) is 1.30. The third kappa shape index (κ3) is 5.09. The van der Waals surface area contributed by atoms with Gasteiger partial charge in [0.2, 0.25) is 10.9 Å². The minimum Gasteiger partial charge on any atom is -0.493 e. The van der Waals surface area contributed by atoms with Crippen LogP contribution in [-0.4, -0.2) is 45.1 Å². The number of hydrazone groups is 1. The quantitative estimate of drug-likeness (QED) is 0.407. The van der Waals surface area contributed by atoms with Crippen molar-refractivity contribution >= 4 is 28.7 Å². The maximum atomic E-state index is 11.5. The van der Waals surface area contributed by atoms with Crippen molar-refractivity contribution in [2.45, 2.75) is 13.3 Å². The second-order valence-corrected chi connectivity index (χ2v) is 5.81. The molecule has 0 aliphatic rings. The Labute approximate surface area is 155 Å². The molecule has 1 N–H and O–H groups in total. The number of nitrogens with one attached hydrogen (secondary N) is 1. The van der Waals surface area contributed by atoms with E-state index in [1.54, 1.807) is 52.0 Å². The van der Waals surface area contributed by atoms with Crippen molar-refractivity contribution in [1.29, 1.82) is 0 Å². The van der Waals surface area contributed by atoms with Crippen molar-refractivity contribution in [3.63, 3.8) is 0 Å². The molecule has 0 aliphatic carbocycles. The number of rotatable bonds is 9. The van der Waals surface area contributed by atoms with Crippen LogP contribution in [0.3, 0.4) is 0 Å². The molecule has 26 heavy (non-hydrogen) atoms. The lowest BCUT2D eigenvalue weighted by molar-refractivity contribution is -0.142. The van der Waals surface area contributed by atoms with E-state index in [-0.39, 0.29) is 12.4 Å². The van der Waals surface area contributed by atoms with E-state index in [1.807, 2.05) is 0 Å². The number of nitrogens with zero attached hydrogens (tertiary/aromatic N) is 2. The normalized spacial score (nSPS) is 10.6. The van der Waals surface area contributed by atoms with E-state index in [1.165, 1.54) is 11.3 Å². The molecule has 0 saturated carbocycles. The highest BCUT2D eigenvalue weighted by atomic mass is 32.1. The van der Waals surface area contributed by atoms with Crippen LogP contribution in [0.2, 0.25) is 0 Å². The molecular weight excluding hydrogens is 358 g/mol. The molecule has 2 aromatic rings. The maximum absolute atomic E-state index is 11.5. The van der Waals surface area contributed by atoms with Gasteiger partial charge in [0.25, 0.3) is 0 Å². The minimum absolute atomic E-state index is 0.141. The molecule has 8 nitrogen and oxygen atoms in total. The second-order valence-electron chi connectivity index (χ2n) is 4.95. The topological polar surface area (TPSA) is 91.3 Å². The van der Waals surface area contributed by atoms with E-state index in [0.717, 1.165) is 5.56 Å². The summed E-state index contributed by atoms with van der Waals surface area (Å²) in [4.78, 5) is 15.7. The third-order valence-corrected chi connectivity index (χ3v) is 4.04. The predicted octanol–water partition coefficient (Wildman–Crippen LogP) is 2.72. The summed E-state index contributed by atoms with van der Waals surface area (Å²) >= 11 is 1.35. The molecule has 1 aromatic carbocycles. The molecule has 9 heteroatoms. The summed E-state index contributed by atoms with van der Waals surface area (Å²) in [6.07, 6.45) is 1.75. The third-order valence-electron chi connectivity index (χ3n) is 3.24. The van der Waals surface area contributed by atoms with E-state index in [0.29, 0.717) is 34.7 Å². The van der Waals surface area contributed by atoms with Gasteiger partial charge in [-0.05, 0) is 19.1 Å². The van der Waals surface area contributed by atoms with Gasteiger partial charge in [-0.3, -0.25) is 10.2 Å². The summed E-state index contributed by atoms with van der Waals surface area (Å²) in [7, 11) is 4.65. The summed E-state index contributed by atoms with van der Waals surface area (Å²) < 4.78 is 20.8. The lowest BCUT2D eigenvalue weighted by atomic mass is 10.2. The summed E-state index contributed by atoms with van der Waals surface area (Å²) in [6, 6.07) is 3.56. The van der Waals surface area contributed by atoms with Gasteiger partial charge in [-0.15, -0.1) is 11.3 Å². The van der Waals surface area contributed by atoms with Crippen LogP contribution in [0.4, 0.5) is 5.13 Å². The number of hydrogen-bond acceptors (Lipinski definition) is 9. The van der Waals surface area contributed by atoms with Crippen LogP contribution in [0.1, 0.15) is 18.2 Å². The first-order valence-electron chi connectivity index (χ1n) is 7.80. The van der Waals surface area contributed by atoms with Crippen LogP contribution in [0, 0.1) is 0 Å². The Morgan fingerprint density at radius 3 is 2.50 bits per heavy atom. The van der Waals surface area contributed by atoms with Gasteiger partial charge in [0, 0.05) is 10.9 Å². The largest absolute Gasteiger partial charge is 0.493 e. The first-order valence-corrected chi connectivity index (χ1v) is 8.68. The van der Waals surface area contributed by atoms with Gasteiger partial charge in [0.1, 0.15) is 0 Å². The number of aromatic nitrogens is 1. The van der Waals surface area contributed by atoms with Crippen molar-refractivity contribution in [3.8, 4) is 17.2 Å². The molecule has 2 rings (SSSR count). The molecule has 0 atom stereocenters. The van der Waals surface area contributed by atoms with Gasteiger partial charge in [0.15, 0.2) is 11.5 Å². The average molecular weight is 379 g/mol. The lowest BCUT2D eigenvalue weighted by Gasteiger charge is -2.12. The Hall–Kier alpha value is -2.81. The standard InChI is InChI=1S/C17H21N3O5S/c1-5-25-15(21)8-12-10-26-17(19-12)20-18-9-11-6-13(22-2)16(24-4)14(7-11)23-3/h6-7,9-10H,5,8H2,1-4H3,(H,19,20). The number of carbonyl (C=O) groups is 1. The van der Waals surface area contributed by atoms with E-state index in [9.17, 15) is 4.79 Å².